The van der Waals surface area contributed by atoms with E-state index in [1.165, 1.54) is 0 Å². The van der Waals surface area contributed by atoms with E-state index in [2.05, 4.69) is 4.72 Å². The van der Waals surface area contributed by atoms with E-state index in [9.17, 15) is 13.5 Å². The third kappa shape index (κ3) is 3.17. The van der Waals surface area contributed by atoms with Gasteiger partial charge in [0.2, 0.25) is 10.0 Å². The highest BCUT2D eigenvalue weighted by Crippen LogP contribution is 2.19. The van der Waals surface area contributed by atoms with E-state index < -0.39 is 27.4 Å². The summed E-state index contributed by atoms with van der Waals surface area (Å²) in [7, 11) is -3.63. The van der Waals surface area contributed by atoms with Gasteiger partial charge in [-0.05, 0) is 19.3 Å². The Labute approximate surface area is 96.5 Å². The molecule has 0 saturated heterocycles. The summed E-state index contributed by atoms with van der Waals surface area (Å²) in [4.78, 5) is 0. The molecule has 1 unspecified atom stereocenters. The SMILES string of the molecule is CCC(C#N)S(=O)(=O)N[C@@H]1CCCC[C@H]1O. The molecule has 0 aromatic heterocycles. The van der Waals surface area contributed by atoms with Gasteiger partial charge < -0.3 is 5.11 Å². The molecule has 6 heteroatoms. The van der Waals surface area contributed by atoms with E-state index >= 15 is 0 Å². The normalized spacial score (nSPS) is 28.3. The Hall–Kier alpha value is -0.640. The van der Waals surface area contributed by atoms with Gasteiger partial charge in [-0.15, -0.1) is 0 Å². The van der Waals surface area contributed by atoms with Gasteiger partial charge in [-0.1, -0.05) is 19.8 Å². The van der Waals surface area contributed by atoms with Gasteiger partial charge in [-0.2, -0.15) is 5.26 Å². The summed E-state index contributed by atoms with van der Waals surface area (Å²) < 4.78 is 26.0. The Morgan fingerprint density at radius 3 is 2.62 bits per heavy atom. The molecule has 1 fully saturated rings. The van der Waals surface area contributed by atoms with E-state index in [-0.39, 0.29) is 6.42 Å². The Balaban J connectivity index is 2.68. The Bertz CT molecular complexity index is 361. The standard InChI is InChI=1S/C10H18N2O3S/c1-2-8(7-11)16(14,15)12-9-5-3-4-6-10(9)13/h8-10,12-13H,2-6H2,1H3/t8?,9-,10-/m1/s1. The van der Waals surface area contributed by atoms with Gasteiger partial charge in [0.25, 0.3) is 0 Å². The fraction of sp³-hybridized carbons (Fsp3) is 0.900. The van der Waals surface area contributed by atoms with E-state index in [0.717, 1.165) is 12.8 Å². The minimum atomic E-state index is -3.63. The minimum Gasteiger partial charge on any atom is -0.391 e. The third-order valence-electron chi connectivity index (χ3n) is 2.93. The summed E-state index contributed by atoms with van der Waals surface area (Å²) >= 11 is 0. The van der Waals surface area contributed by atoms with Gasteiger partial charge >= 0.3 is 0 Å². The van der Waals surface area contributed by atoms with Crippen LogP contribution in [0.2, 0.25) is 0 Å². The molecule has 0 aromatic rings. The zero-order chi connectivity index (χ0) is 12.2. The Kier molecular flexibility index (Phi) is 4.71. The number of nitriles is 1. The van der Waals surface area contributed by atoms with Crippen molar-refractivity contribution in [3.8, 4) is 6.07 Å². The lowest BCUT2D eigenvalue weighted by Crippen LogP contribution is -2.47. The fourth-order valence-corrected chi connectivity index (χ4v) is 3.36. The van der Waals surface area contributed by atoms with Gasteiger partial charge in [0.1, 0.15) is 0 Å². The van der Waals surface area contributed by atoms with Gasteiger partial charge in [0.05, 0.1) is 12.2 Å². The van der Waals surface area contributed by atoms with Crippen LogP contribution in [0.25, 0.3) is 0 Å². The van der Waals surface area contributed by atoms with Crippen LogP contribution in [0.5, 0.6) is 0 Å². The molecule has 92 valence electrons. The molecule has 1 rings (SSSR count). The first kappa shape index (κ1) is 13.4. The van der Waals surface area contributed by atoms with Crippen molar-refractivity contribution in [3.05, 3.63) is 0 Å². The highest BCUT2D eigenvalue weighted by atomic mass is 32.2. The number of sulfonamides is 1. The number of nitrogens with zero attached hydrogens (tertiary/aromatic N) is 1. The summed E-state index contributed by atoms with van der Waals surface area (Å²) in [5, 5.41) is 17.3. The van der Waals surface area contributed by atoms with E-state index in [1.54, 1.807) is 13.0 Å². The Morgan fingerprint density at radius 1 is 1.50 bits per heavy atom. The highest BCUT2D eigenvalue weighted by Gasteiger charge is 2.31. The summed E-state index contributed by atoms with van der Waals surface area (Å²) in [5.41, 5.74) is 0. The first-order valence-corrected chi connectivity index (χ1v) is 7.14. The predicted molar refractivity (Wildman–Crippen MR) is 60.0 cm³/mol. The molecule has 0 heterocycles. The van der Waals surface area contributed by atoms with Gasteiger partial charge in [0.15, 0.2) is 5.25 Å². The van der Waals surface area contributed by atoms with Crippen molar-refractivity contribution in [1.29, 1.82) is 5.26 Å². The van der Waals surface area contributed by atoms with Gasteiger partial charge in [-0.3, -0.25) is 0 Å². The van der Waals surface area contributed by atoms with Crippen molar-refractivity contribution in [3.63, 3.8) is 0 Å². The maximum absolute atomic E-state index is 11.8. The van der Waals surface area contributed by atoms with Crippen LogP contribution in [0.4, 0.5) is 0 Å². The lowest BCUT2D eigenvalue weighted by atomic mass is 9.93. The Morgan fingerprint density at radius 2 is 2.12 bits per heavy atom. The fourth-order valence-electron chi connectivity index (χ4n) is 1.92. The molecular formula is C10H18N2O3S. The monoisotopic (exact) mass is 246 g/mol. The number of nitrogens with one attached hydrogen (secondary N) is 1. The van der Waals surface area contributed by atoms with E-state index in [4.69, 9.17) is 5.26 Å². The van der Waals surface area contributed by atoms with Crippen molar-refractivity contribution in [1.82, 2.24) is 4.72 Å². The van der Waals surface area contributed by atoms with Crippen LogP contribution in [-0.4, -0.2) is 30.9 Å². The third-order valence-corrected chi connectivity index (χ3v) is 4.75. The number of hydrogen-bond donors (Lipinski definition) is 2. The molecule has 16 heavy (non-hydrogen) atoms. The highest BCUT2D eigenvalue weighted by molar-refractivity contribution is 7.90. The summed E-state index contributed by atoms with van der Waals surface area (Å²) in [6, 6.07) is 1.33. The second-order valence-electron chi connectivity index (χ2n) is 4.15. The quantitative estimate of drug-likeness (QED) is 0.756. The van der Waals surface area contributed by atoms with E-state index in [1.807, 2.05) is 0 Å². The molecule has 1 aliphatic carbocycles. The maximum atomic E-state index is 11.8. The molecule has 1 saturated carbocycles. The summed E-state index contributed by atoms with van der Waals surface area (Å²) in [5.74, 6) is 0. The molecule has 0 bridgehead atoms. The number of rotatable bonds is 4. The zero-order valence-corrected chi connectivity index (χ0v) is 10.2. The van der Waals surface area contributed by atoms with Crippen LogP contribution in [0.15, 0.2) is 0 Å². The minimum absolute atomic E-state index is 0.259. The van der Waals surface area contributed by atoms with Crippen LogP contribution < -0.4 is 4.72 Å². The number of aliphatic hydroxyl groups excluding tert-OH is 1. The second-order valence-corrected chi connectivity index (χ2v) is 6.04. The predicted octanol–water partition coefficient (Wildman–Crippen LogP) is 0.511. The average molecular weight is 246 g/mol. The van der Waals surface area contributed by atoms with Gasteiger partial charge in [-0.25, -0.2) is 13.1 Å². The largest absolute Gasteiger partial charge is 0.391 e. The van der Waals surface area contributed by atoms with Crippen molar-refractivity contribution in [2.24, 2.45) is 0 Å². The maximum Gasteiger partial charge on any atom is 0.228 e. The molecular weight excluding hydrogens is 228 g/mol. The molecule has 0 spiro atoms. The van der Waals surface area contributed by atoms with Crippen molar-refractivity contribution in [2.45, 2.75) is 56.4 Å². The lowest BCUT2D eigenvalue weighted by molar-refractivity contribution is 0.101. The van der Waals surface area contributed by atoms with Crippen molar-refractivity contribution < 1.29 is 13.5 Å². The molecule has 0 amide bonds. The number of hydrogen-bond acceptors (Lipinski definition) is 4. The molecule has 3 atom stereocenters. The van der Waals surface area contributed by atoms with Crippen molar-refractivity contribution >= 4 is 10.0 Å². The van der Waals surface area contributed by atoms with Crippen LogP contribution in [0.1, 0.15) is 39.0 Å². The first-order valence-electron chi connectivity index (χ1n) is 5.60. The summed E-state index contributed by atoms with van der Waals surface area (Å²) in [6.45, 7) is 1.66. The zero-order valence-electron chi connectivity index (χ0n) is 9.39. The van der Waals surface area contributed by atoms with Crippen LogP contribution in [-0.2, 0) is 10.0 Å². The van der Waals surface area contributed by atoms with E-state index in [0.29, 0.717) is 12.8 Å². The van der Waals surface area contributed by atoms with Crippen LogP contribution >= 0.6 is 0 Å². The summed E-state index contributed by atoms with van der Waals surface area (Å²) in [6.07, 6.45) is 2.73. The molecule has 1 aliphatic rings. The smallest absolute Gasteiger partial charge is 0.228 e. The van der Waals surface area contributed by atoms with Crippen LogP contribution in [0.3, 0.4) is 0 Å². The number of aliphatic hydroxyl groups is 1. The first-order chi connectivity index (χ1) is 7.51. The van der Waals surface area contributed by atoms with Gasteiger partial charge in [0, 0.05) is 6.04 Å². The average Bonchev–Trinajstić information content (AvgIpc) is 2.22. The van der Waals surface area contributed by atoms with Crippen molar-refractivity contribution in [2.75, 3.05) is 0 Å². The lowest BCUT2D eigenvalue weighted by Gasteiger charge is -2.28. The van der Waals surface area contributed by atoms with Crippen LogP contribution in [0, 0.1) is 11.3 Å². The molecule has 0 aromatic carbocycles. The second kappa shape index (κ2) is 5.62. The molecule has 2 N–H and O–H groups in total. The molecule has 0 aliphatic heterocycles. The molecule has 5 nitrogen and oxygen atoms in total. The topological polar surface area (TPSA) is 90.2 Å². The molecule has 0 radical (unpaired) electrons.